The Balaban J connectivity index is 1.12. The van der Waals surface area contributed by atoms with Gasteiger partial charge in [-0.2, -0.15) is 0 Å². The van der Waals surface area contributed by atoms with Crippen molar-refractivity contribution in [1.29, 1.82) is 0 Å². The lowest BCUT2D eigenvalue weighted by molar-refractivity contribution is -0.0226. The summed E-state index contributed by atoms with van der Waals surface area (Å²) in [6, 6.07) is 6.71. The first-order chi connectivity index (χ1) is 16.5. The summed E-state index contributed by atoms with van der Waals surface area (Å²) >= 11 is 0. The first kappa shape index (κ1) is 25.9. The monoisotopic (exact) mass is 474 g/mol. The minimum absolute atomic E-state index is 0.0991. The third kappa shape index (κ3) is 6.16. The highest BCUT2D eigenvalue weighted by Gasteiger charge is 2.54. The SMILES string of the molecule is CC(C)CCOCCOCCOCCOc1ccc2c(c1)CCC1C2CCC2(C)C(O)CCC12. The van der Waals surface area contributed by atoms with E-state index in [9.17, 15) is 5.11 Å². The zero-order chi connectivity index (χ0) is 24.0. The molecule has 34 heavy (non-hydrogen) atoms. The van der Waals surface area contributed by atoms with Crippen molar-refractivity contribution < 1.29 is 24.1 Å². The quantitative estimate of drug-likeness (QED) is 0.389. The number of rotatable bonds is 13. The molecule has 0 aromatic heterocycles. The molecule has 3 aliphatic carbocycles. The molecule has 3 aliphatic rings. The molecule has 0 aliphatic heterocycles. The van der Waals surface area contributed by atoms with Gasteiger partial charge in [0.25, 0.3) is 0 Å². The molecule has 2 fully saturated rings. The molecule has 5 nitrogen and oxygen atoms in total. The second-order valence-corrected chi connectivity index (χ2v) is 11.3. The van der Waals surface area contributed by atoms with Gasteiger partial charge in [-0.15, -0.1) is 0 Å². The van der Waals surface area contributed by atoms with Crippen LogP contribution in [0.3, 0.4) is 0 Å². The zero-order valence-corrected chi connectivity index (χ0v) is 21.6. The van der Waals surface area contributed by atoms with E-state index in [1.165, 1.54) is 30.4 Å². The van der Waals surface area contributed by atoms with Crippen LogP contribution < -0.4 is 4.74 Å². The number of hydrogen-bond donors (Lipinski definition) is 1. The van der Waals surface area contributed by atoms with E-state index >= 15 is 0 Å². The van der Waals surface area contributed by atoms with Gasteiger partial charge in [-0.3, -0.25) is 0 Å². The largest absolute Gasteiger partial charge is 0.491 e. The molecule has 0 spiro atoms. The minimum atomic E-state index is -0.0991. The Morgan fingerprint density at radius 2 is 1.62 bits per heavy atom. The average molecular weight is 475 g/mol. The van der Waals surface area contributed by atoms with Crippen molar-refractivity contribution in [2.75, 3.05) is 46.2 Å². The maximum absolute atomic E-state index is 10.6. The molecular formula is C29H46O5. The van der Waals surface area contributed by atoms with Crippen LogP contribution in [0.1, 0.15) is 76.3 Å². The lowest BCUT2D eigenvalue weighted by atomic mass is 9.55. The van der Waals surface area contributed by atoms with E-state index in [1.54, 1.807) is 0 Å². The Labute approximate surface area is 206 Å². The molecule has 1 N–H and O–H groups in total. The van der Waals surface area contributed by atoms with Crippen LogP contribution in [0.4, 0.5) is 0 Å². The molecule has 4 rings (SSSR count). The predicted molar refractivity (Wildman–Crippen MR) is 134 cm³/mol. The van der Waals surface area contributed by atoms with Gasteiger partial charge in [0.15, 0.2) is 0 Å². The van der Waals surface area contributed by atoms with E-state index < -0.39 is 0 Å². The molecule has 0 bridgehead atoms. The van der Waals surface area contributed by atoms with Gasteiger partial charge in [-0.05, 0) is 97.3 Å². The summed E-state index contributed by atoms with van der Waals surface area (Å²) in [5.74, 6) is 3.71. The van der Waals surface area contributed by atoms with Crippen molar-refractivity contribution >= 4 is 0 Å². The zero-order valence-electron chi connectivity index (χ0n) is 21.6. The Morgan fingerprint density at radius 3 is 2.35 bits per heavy atom. The topological polar surface area (TPSA) is 57.2 Å². The number of fused-ring (bicyclic) bond motifs is 5. The summed E-state index contributed by atoms with van der Waals surface area (Å²) in [7, 11) is 0. The van der Waals surface area contributed by atoms with E-state index in [4.69, 9.17) is 18.9 Å². The summed E-state index contributed by atoms with van der Waals surface area (Å²) in [6.45, 7) is 11.1. The number of benzene rings is 1. The minimum Gasteiger partial charge on any atom is -0.491 e. The van der Waals surface area contributed by atoms with Crippen molar-refractivity contribution in [2.45, 2.75) is 77.7 Å². The van der Waals surface area contributed by atoms with Crippen LogP contribution in [0.5, 0.6) is 5.75 Å². The lowest BCUT2D eigenvalue weighted by Crippen LogP contribution is -2.43. The molecule has 5 heteroatoms. The third-order valence-electron chi connectivity index (χ3n) is 8.73. The molecule has 0 saturated heterocycles. The molecule has 0 heterocycles. The third-order valence-corrected chi connectivity index (χ3v) is 8.73. The van der Waals surface area contributed by atoms with Gasteiger partial charge < -0.3 is 24.1 Å². The van der Waals surface area contributed by atoms with Crippen molar-refractivity contribution in [3.63, 3.8) is 0 Å². The van der Waals surface area contributed by atoms with Crippen molar-refractivity contribution in [3.05, 3.63) is 29.3 Å². The fourth-order valence-corrected chi connectivity index (χ4v) is 6.70. The Kier molecular flexibility index (Phi) is 9.31. The van der Waals surface area contributed by atoms with Gasteiger partial charge in [0, 0.05) is 6.61 Å². The fourth-order valence-electron chi connectivity index (χ4n) is 6.70. The number of ether oxygens (including phenoxy) is 4. The first-order valence-corrected chi connectivity index (χ1v) is 13.7. The summed E-state index contributed by atoms with van der Waals surface area (Å²) in [5.41, 5.74) is 3.15. The maximum Gasteiger partial charge on any atom is 0.119 e. The summed E-state index contributed by atoms with van der Waals surface area (Å²) in [5, 5.41) is 10.6. The Morgan fingerprint density at radius 1 is 0.912 bits per heavy atom. The van der Waals surface area contributed by atoms with Crippen LogP contribution in [0.2, 0.25) is 0 Å². The lowest BCUT2D eigenvalue weighted by Gasteiger charge is -2.50. The molecule has 5 unspecified atom stereocenters. The van der Waals surface area contributed by atoms with E-state index in [2.05, 4.69) is 39.0 Å². The van der Waals surface area contributed by atoms with Crippen LogP contribution in [0.15, 0.2) is 18.2 Å². The van der Waals surface area contributed by atoms with Crippen molar-refractivity contribution in [1.82, 2.24) is 0 Å². The van der Waals surface area contributed by atoms with Gasteiger partial charge in [0.05, 0.1) is 39.1 Å². The van der Waals surface area contributed by atoms with Crippen molar-refractivity contribution in [3.8, 4) is 5.75 Å². The van der Waals surface area contributed by atoms with Gasteiger partial charge in [-0.1, -0.05) is 26.8 Å². The number of aliphatic hydroxyl groups excluding tert-OH is 1. The van der Waals surface area contributed by atoms with Crippen molar-refractivity contribution in [2.24, 2.45) is 23.2 Å². The maximum atomic E-state index is 10.6. The highest BCUT2D eigenvalue weighted by Crippen LogP contribution is 2.60. The summed E-state index contributed by atoms with van der Waals surface area (Å²) in [6.07, 6.45) is 7.94. The highest BCUT2D eigenvalue weighted by atomic mass is 16.6. The standard InChI is InChI=1S/C29H46O5/c1-21(2)11-13-31-14-15-32-16-17-33-18-19-34-23-5-7-24-22(20-23)4-6-26-25(24)10-12-29(3)27(26)8-9-28(29)30/h5,7,20-21,25-28,30H,4,6,8-19H2,1-3H3. The number of hydrogen-bond acceptors (Lipinski definition) is 5. The molecule has 0 radical (unpaired) electrons. The molecule has 1 aromatic rings. The van der Waals surface area contributed by atoms with E-state index in [1.807, 2.05) is 0 Å². The van der Waals surface area contributed by atoms with Crippen LogP contribution in [-0.2, 0) is 20.6 Å². The van der Waals surface area contributed by atoms with Gasteiger partial charge in [0.2, 0.25) is 0 Å². The highest BCUT2D eigenvalue weighted by molar-refractivity contribution is 5.40. The van der Waals surface area contributed by atoms with Gasteiger partial charge >= 0.3 is 0 Å². The van der Waals surface area contributed by atoms with Crippen LogP contribution >= 0.6 is 0 Å². The normalized spacial score (nSPS) is 30.1. The molecule has 0 amide bonds. The molecule has 5 atom stereocenters. The van der Waals surface area contributed by atoms with E-state index in [0.717, 1.165) is 44.0 Å². The summed E-state index contributed by atoms with van der Waals surface area (Å²) < 4.78 is 22.7. The first-order valence-electron chi connectivity index (χ1n) is 13.7. The molecule has 1 aromatic carbocycles. The second-order valence-electron chi connectivity index (χ2n) is 11.3. The van der Waals surface area contributed by atoms with E-state index in [-0.39, 0.29) is 11.5 Å². The van der Waals surface area contributed by atoms with E-state index in [0.29, 0.717) is 57.4 Å². The number of aliphatic hydroxyl groups is 1. The molecule has 192 valence electrons. The Hall–Kier alpha value is -1.14. The summed E-state index contributed by atoms with van der Waals surface area (Å²) in [4.78, 5) is 0. The van der Waals surface area contributed by atoms with Crippen LogP contribution in [0.25, 0.3) is 0 Å². The number of aryl methyl sites for hydroxylation is 1. The van der Waals surface area contributed by atoms with Gasteiger partial charge in [-0.25, -0.2) is 0 Å². The molecular weight excluding hydrogens is 428 g/mol. The predicted octanol–water partition coefficient (Wildman–Crippen LogP) is 5.38. The second kappa shape index (κ2) is 12.2. The smallest absolute Gasteiger partial charge is 0.119 e. The van der Waals surface area contributed by atoms with Crippen LogP contribution in [-0.4, -0.2) is 57.5 Å². The fraction of sp³-hybridized carbons (Fsp3) is 0.793. The van der Waals surface area contributed by atoms with Crippen LogP contribution in [0, 0.1) is 23.2 Å². The molecule has 2 saturated carbocycles. The Bertz CT molecular complexity index is 765. The average Bonchev–Trinajstić information content (AvgIpc) is 3.13. The van der Waals surface area contributed by atoms with Gasteiger partial charge in [0.1, 0.15) is 12.4 Å².